The van der Waals surface area contributed by atoms with Gasteiger partial charge in [0, 0.05) is 33.6 Å². The average molecular weight is 444 g/mol. The third-order valence-electron chi connectivity index (χ3n) is 4.85. The van der Waals surface area contributed by atoms with E-state index >= 15 is 0 Å². The van der Waals surface area contributed by atoms with Gasteiger partial charge in [0.15, 0.2) is 5.16 Å². The topological polar surface area (TPSA) is 64.0 Å². The minimum Gasteiger partial charge on any atom is -0.326 e. The smallest absolute Gasteiger partial charge is 0.257 e. The van der Waals surface area contributed by atoms with Gasteiger partial charge >= 0.3 is 0 Å². The van der Waals surface area contributed by atoms with Crippen molar-refractivity contribution in [3.8, 4) is 0 Å². The number of nitrogens with zero attached hydrogens (tertiary/aromatic N) is 2. The van der Waals surface area contributed by atoms with Crippen molar-refractivity contribution in [2.45, 2.75) is 31.5 Å². The average Bonchev–Trinajstić information content (AvgIpc) is 3.02. The minimum atomic E-state index is -0.168. The summed E-state index contributed by atoms with van der Waals surface area (Å²) in [7, 11) is 0. The molecule has 1 N–H and O–H groups in total. The van der Waals surface area contributed by atoms with Crippen LogP contribution in [0.1, 0.15) is 23.7 Å². The van der Waals surface area contributed by atoms with Crippen LogP contribution in [0.3, 0.4) is 0 Å². The number of thioether (sulfide) groups is 1. The van der Waals surface area contributed by atoms with Crippen molar-refractivity contribution in [2.24, 2.45) is 0 Å². The summed E-state index contributed by atoms with van der Waals surface area (Å²) in [5.41, 5.74) is 2.11. The normalized spacial score (nSPS) is 15.7. The van der Waals surface area contributed by atoms with Crippen LogP contribution in [0.2, 0.25) is 0 Å². The fourth-order valence-electron chi connectivity index (χ4n) is 3.27. The Kier molecular flexibility index (Phi) is 4.82. The molecule has 0 aliphatic carbocycles. The van der Waals surface area contributed by atoms with Crippen LogP contribution in [-0.2, 0) is 4.79 Å². The van der Waals surface area contributed by atoms with Gasteiger partial charge < -0.3 is 5.32 Å². The third kappa shape index (κ3) is 3.41. The van der Waals surface area contributed by atoms with Crippen molar-refractivity contribution in [3.63, 3.8) is 0 Å². The highest BCUT2D eigenvalue weighted by atomic mass is 79.9. The maximum absolute atomic E-state index is 12.6. The number of amides is 1. The molecule has 4 rings (SSSR count). The largest absolute Gasteiger partial charge is 0.326 e. The lowest BCUT2D eigenvalue weighted by molar-refractivity contribution is -0.116. The number of benzene rings is 2. The summed E-state index contributed by atoms with van der Waals surface area (Å²) in [6.45, 7) is 3.63. The Bertz CT molecular complexity index is 1130. The lowest BCUT2D eigenvalue weighted by atomic mass is 10.1. The van der Waals surface area contributed by atoms with Gasteiger partial charge in [0.25, 0.3) is 5.56 Å². The molecule has 1 atom stereocenters. The number of anilines is 1. The summed E-state index contributed by atoms with van der Waals surface area (Å²) in [6, 6.07) is 11.6. The van der Waals surface area contributed by atoms with Gasteiger partial charge in [0.2, 0.25) is 5.91 Å². The van der Waals surface area contributed by atoms with Crippen LogP contribution in [0.15, 0.2) is 50.8 Å². The van der Waals surface area contributed by atoms with Crippen LogP contribution >= 0.6 is 27.7 Å². The van der Waals surface area contributed by atoms with Gasteiger partial charge in [-0.25, -0.2) is 4.98 Å². The summed E-state index contributed by atoms with van der Waals surface area (Å²) in [5.74, 6) is 0.580. The SMILES string of the molecule is Cc1nc2n(c(=O)c1C)C(CC(=O)Nc1ccc3c(Br)cccc3c1)CS2. The van der Waals surface area contributed by atoms with Gasteiger partial charge in [0.05, 0.1) is 6.04 Å². The minimum absolute atomic E-state index is 0.0455. The zero-order valence-electron chi connectivity index (χ0n) is 15.0. The number of rotatable bonds is 3. The number of fused-ring (bicyclic) bond motifs is 2. The first-order valence-electron chi connectivity index (χ1n) is 8.64. The second-order valence-corrected chi connectivity index (χ2v) is 8.51. The Balaban J connectivity index is 1.54. The van der Waals surface area contributed by atoms with Crippen LogP contribution in [0.4, 0.5) is 5.69 Å². The predicted molar refractivity (Wildman–Crippen MR) is 113 cm³/mol. The van der Waals surface area contributed by atoms with E-state index < -0.39 is 0 Å². The zero-order chi connectivity index (χ0) is 19.1. The standard InChI is InChI=1S/C20H18BrN3O2S/c1-11-12(2)22-20-24(19(11)26)15(10-27-20)9-18(25)23-14-6-7-16-13(8-14)4-3-5-17(16)21/h3-8,15H,9-10H2,1-2H3,(H,23,25). The fraction of sp³-hybridized carbons (Fsp3) is 0.250. The zero-order valence-corrected chi connectivity index (χ0v) is 17.4. The van der Waals surface area contributed by atoms with Crippen LogP contribution < -0.4 is 10.9 Å². The van der Waals surface area contributed by atoms with Crippen LogP contribution in [0, 0.1) is 13.8 Å². The van der Waals surface area contributed by atoms with Gasteiger partial charge in [-0.15, -0.1) is 0 Å². The summed E-state index contributed by atoms with van der Waals surface area (Å²) in [5, 5.41) is 5.81. The van der Waals surface area contributed by atoms with Crippen molar-refractivity contribution >= 4 is 50.1 Å². The first kappa shape index (κ1) is 18.3. The van der Waals surface area contributed by atoms with Crippen LogP contribution in [0.25, 0.3) is 10.8 Å². The van der Waals surface area contributed by atoms with Gasteiger partial charge in [-0.1, -0.05) is 45.9 Å². The molecule has 2 aromatic carbocycles. The molecule has 27 heavy (non-hydrogen) atoms. The molecule has 138 valence electrons. The summed E-state index contributed by atoms with van der Waals surface area (Å²) in [4.78, 5) is 29.7. The molecule has 2 heterocycles. The van der Waals surface area contributed by atoms with Gasteiger partial charge in [0.1, 0.15) is 0 Å². The molecule has 0 saturated heterocycles. The monoisotopic (exact) mass is 443 g/mol. The molecule has 7 heteroatoms. The van der Waals surface area contributed by atoms with E-state index in [1.54, 1.807) is 11.5 Å². The molecule has 1 aliphatic rings. The number of carbonyl (C=O) groups is 1. The highest BCUT2D eigenvalue weighted by Crippen LogP contribution is 2.33. The number of aromatic nitrogens is 2. The van der Waals surface area contributed by atoms with E-state index in [4.69, 9.17) is 0 Å². The van der Waals surface area contributed by atoms with E-state index in [0.717, 1.165) is 26.6 Å². The van der Waals surface area contributed by atoms with E-state index in [0.29, 0.717) is 16.5 Å². The highest BCUT2D eigenvalue weighted by molar-refractivity contribution is 9.10. The number of hydrogen-bond acceptors (Lipinski definition) is 4. The van der Waals surface area contributed by atoms with Crippen molar-refractivity contribution < 1.29 is 4.79 Å². The Labute approximate surface area is 169 Å². The first-order chi connectivity index (χ1) is 12.9. The van der Waals surface area contributed by atoms with E-state index in [9.17, 15) is 9.59 Å². The molecule has 1 aliphatic heterocycles. The fourth-order valence-corrected chi connectivity index (χ4v) is 4.97. The number of halogens is 1. The third-order valence-corrected chi connectivity index (χ3v) is 6.64. The van der Waals surface area contributed by atoms with E-state index in [1.165, 1.54) is 11.8 Å². The van der Waals surface area contributed by atoms with Gasteiger partial charge in [-0.3, -0.25) is 14.2 Å². The molecule has 0 radical (unpaired) electrons. The van der Waals surface area contributed by atoms with Gasteiger partial charge in [-0.2, -0.15) is 0 Å². The second-order valence-electron chi connectivity index (χ2n) is 6.67. The Hall–Kier alpha value is -2.12. The summed E-state index contributed by atoms with van der Waals surface area (Å²) in [6.07, 6.45) is 0.251. The molecule has 0 spiro atoms. The lowest BCUT2D eigenvalue weighted by Gasteiger charge is -2.14. The van der Waals surface area contributed by atoms with E-state index in [-0.39, 0.29) is 23.9 Å². The number of hydrogen-bond donors (Lipinski definition) is 1. The quantitative estimate of drug-likeness (QED) is 0.607. The van der Waals surface area contributed by atoms with Crippen molar-refractivity contribution in [1.82, 2.24) is 9.55 Å². The Morgan fingerprint density at radius 3 is 2.96 bits per heavy atom. The Morgan fingerprint density at radius 2 is 2.15 bits per heavy atom. The first-order valence-corrected chi connectivity index (χ1v) is 10.4. The maximum Gasteiger partial charge on any atom is 0.257 e. The summed E-state index contributed by atoms with van der Waals surface area (Å²) < 4.78 is 2.69. The molecule has 1 unspecified atom stereocenters. The molecular formula is C20H18BrN3O2S. The molecule has 1 amide bonds. The van der Waals surface area contributed by atoms with E-state index in [1.807, 2.05) is 43.3 Å². The van der Waals surface area contributed by atoms with Crippen molar-refractivity contribution in [2.75, 3.05) is 11.1 Å². The molecular weight excluding hydrogens is 426 g/mol. The number of carbonyl (C=O) groups excluding carboxylic acids is 1. The van der Waals surface area contributed by atoms with Crippen LogP contribution in [0.5, 0.6) is 0 Å². The molecule has 5 nitrogen and oxygen atoms in total. The second kappa shape index (κ2) is 7.13. The molecule has 1 aromatic heterocycles. The van der Waals surface area contributed by atoms with Crippen molar-refractivity contribution in [3.05, 3.63) is 62.5 Å². The van der Waals surface area contributed by atoms with Gasteiger partial charge in [-0.05, 0) is 42.8 Å². The predicted octanol–water partition coefficient (Wildman–Crippen LogP) is 4.45. The lowest BCUT2D eigenvalue weighted by Crippen LogP contribution is -2.29. The maximum atomic E-state index is 12.6. The molecule has 0 saturated carbocycles. The highest BCUT2D eigenvalue weighted by Gasteiger charge is 2.28. The van der Waals surface area contributed by atoms with Crippen LogP contribution in [-0.4, -0.2) is 21.2 Å². The number of aryl methyl sites for hydroxylation is 1. The Morgan fingerprint density at radius 1 is 1.33 bits per heavy atom. The number of nitrogens with one attached hydrogen (secondary N) is 1. The molecule has 0 fully saturated rings. The van der Waals surface area contributed by atoms with E-state index in [2.05, 4.69) is 26.2 Å². The summed E-state index contributed by atoms with van der Waals surface area (Å²) >= 11 is 5.07. The molecule has 0 bridgehead atoms. The molecule has 3 aromatic rings. The van der Waals surface area contributed by atoms with Crippen molar-refractivity contribution in [1.29, 1.82) is 0 Å².